The lowest BCUT2D eigenvalue weighted by atomic mass is 10.1. The van der Waals surface area contributed by atoms with Gasteiger partial charge in [-0.25, -0.2) is 9.79 Å². The zero-order chi connectivity index (χ0) is 33.4. The number of benzene rings is 3. The highest BCUT2D eigenvalue weighted by molar-refractivity contribution is 6.34. The van der Waals surface area contributed by atoms with Crippen LogP contribution in [0.4, 0.5) is 40.7 Å². The molecule has 3 aromatic rings. The van der Waals surface area contributed by atoms with E-state index in [1.54, 1.807) is 13.1 Å². The number of halogens is 4. The Morgan fingerprint density at radius 1 is 0.957 bits per heavy atom. The second-order valence-electron chi connectivity index (χ2n) is 10.4. The monoisotopic (exact) mass is 654 g/mol. The fourth-order valence-electron chi connectivity index (χ4n) is 4.54. The number of carbonyl (C=O) groups is 2. The molecule has 1 aliphatic rings. The number of hydrogen-bond acceptors (Lipinski definition) is 6. The topological polar surface area (TPSA) is 105 Å². The van der Waals surface area contributed by atoms with E-state index >= 15 is 0 Å². The number of urea groups is 1. The van der Waals surface area contributed by atoms with Crippen molar-refractivity contribution in [3.05, 3.63) is 94.8 Å². The molecule has 46 heavy (non-hydrogen) atoms. The van der Waals surface area contributed by atoms with Crippen LogP contribution in [0, 0.1) is 0 Å². The van der Waals surface area contributed by atoms with Crippen molar-refractivity contribution >= 4 is 58.8 Å². The van der Waals surface area contributed by atoms with Crippen molar-refractivity contribution in [1.29, 1.82) is 0 Å². The molecule has 0 atom stereocenters. The summed E-state index contributed by atoms with van der Waals surface area (Å²) in [5, 5.41) is 8.54. The summed E-state index contributed by atoms with van der Waals surface area (Å²) in [5.41, 5.74) is 1.14. The van der Waals surface area contributed by atoms with Gasteiger partial charge in [-0.15, -0.1) is 0 Å². The van der Waals surface area contributed by atoms with Crippen molar-refractivity contribution in [3.8, 4) is 0 Å². The minimum absolute atomic E-state index is 0.145. The minimum Gasteiger partial charge on any atom is -0.369 e. The highest BCUT2D eigenvalue weighted by Gasteiger charge is 2.31. The van der Waals surface area contributed by atoms with E-state index in [-0.39, 0.29) is 27.8 Å². The van der Waals surface area contributed by atoms with Crippen LogP contribution in [-0.2, 0) is 6.18 Å². The van der Waals surface area contributed by atoms with Gasteiger partial charge in [0, 0.05) is 69.0 Å². The highest BCUT2D eigenvalue weighted by Crippen LogP contribution is 2.30. The van der Waals surface area contributed by atoms with Crippen LogP contribution in [0.3, 0.4) is 0 Å². The molecule has 0 unspecified atom stereocenters. The molecule has 4 rings (SSSR count). The normalized spacial score (nSPS) is 14.5. The molecular formula is C32H34ClF3N8O2. The molecule has 0 bridgehead atoms. The van der Waals surface area contributed by atoms with Gasteiger partial charge in [0.1, 0.15) is 11.7 Å². The van der Waals surface area contributed by atoms with Gasteiger partial charge < -0.3 is 25.8 Å². The van der Waals surface area contributed by atoms with Crippen molar-refractivity contribution in [2.45, 2.75) is 6.18 Å². The minimum atomic E-state index is -4.59. The second kappa shape index (κ2) is 14.9. The lowest BCUT2D eigenvalue weighted by molar-refractivity contribution is -0.137. The molecule has 0 radical (unpaired) electrons. The number of aliphatic imine (C=N–C) groups is 2. The van der Waals surface area contributed by atoms with E-state index in [9.17, 15) is 22.8 Å². The van der Waals surface area contributed by atoms with Gasteiger partial charge >= 0.3 is 12.2 Å². The second-order valence-corrected chi connectivity index (χ2v) is 10.9. The lowest BCUT2D eigenvalue weighted by Crippen LogP contribution is -2.44. The Morgan fingerprint density at radius 3 is 2.26 bits per heavy atom. The Kier molecular flexibility index (Phi) is 11.0. The summed E-state index contributed by atoms with van der Waals surface area (Å²) in [4.78, 5) is 39.9. The molecule has 3 aromatic carbocycles. The van der Waals surface area contributed by atoms with Crippen molar-refractivity contribution in [2.75, 3.05) is 68.2 Å². The van der Waals surface area contributed by atoms with Crippen molar-refractivity contribution in [3.63, 3.8) is 0 Å². The van der Waals surface area contributed by atoms with E-state index in [2.05, 4.69) is 49.5 Å². The maximum Gasteiger partial charge on any atom is 0.416 e. The van der Waals surface area contributed by atoms with E-state index in [0.717, 1.165) is 55.8 Å². The number of amides is 3. The Labute approximate surface area is 270 Å². The summed E-state index contributed by atoms with van der Waals surface area (Å²) in [6.45, 7) is 7.51. The van der Waals surface area contributed by atoms with Crippen LogP contribution in [0.25, 0.3) is 0 Å². The third-order valence-corrected chi connectivity index (χ3v) is 7.57. The first-order valence-electron chi connectivity index (χ1n) is 14.2. The van der Waals surface area contributed by atoms with Gasteiger partial charge in [0.2, 0.25) is 0 Å². The number of nitrogens with zero attached hydrogens (tertiary/aromatic N) is 5. The Balaban J connectivity index is 1.41. The largest absolute Gasteiger partial charge is 0.416 e. The number of likely N-dealkylation sites (N-methyl/N-ethyl adjacent to an activating group) is 1. The molecule has 1 heterocycles. The van der Waals surface area contributed by atoms with Crippen molar-refractivity contribution < 1.29 is 22.8 Å². The number of rotatable bonds is 8. The number of hydrogen-bond donors (Lipinski definition) is 3. The van der Waals surface area contributed by atoms with E-state index in [1.807, 2.05) is 24.3 Å². The number of alkyl halides is 3. The molecule has 3 amide bonds. The maximum atomic E-state index is 13.2. The first-order valence-corrected chi connectivity index (χ1v) is 14.5. The summed E-state index contributed by atoms with van der Waals surface area (Å²) in [7, 11) is 5.18. The first kappa shape index (κ1) is 34.0. The molecule has 3 N–H and O–H groups in total. The average Bonchev–Trinajstić information content (AvgIpc) is 3.04. The van der Waals surface area contributed by atoms with Crippen LogP contribution >= 0.6 is 11.6 Å². The van der Waals surface area contributed by atoms with Crippen LogP contribution in [0.1, 0.15) is 15.9 Å². The fraction of sp³-hybridized carbons (Fsp3) is 0.250. The zero-order valence-electron chi connectivity index (χ0n) is 25.5. The maximum absolute atomic E-state index is 13.2. The van der Waals surface area contributed by atoms with Crippen LogP contribution in [0.5, 0.6) is 0 Å². The average molecular weight is 655 g/mol. The van der Waals surface area contributed by atoms with Crippen LogP contribution < -0.4 is 20.9 Å². The first-order chi connectivity index (χ1) is 21.9. The lowest BCUT2D eigenvalue weighted by Gasteiger charge is -2.34. The number of carbonyl (C=O) groups excluding carboxylic acids is 2. The summed E-state index contributed by atoms with van der Waals surface area (Å²) in [6, 6.07) is 15.7. The van der Waals surface area contributed by atoms with Gasteiger partial charge in [-0.1, -0.05) is 17.7 Å². The molecule has 0 spiro atoms. The van der Waals surface area contributed by atoms with Gasteiger partial charge in [-0.05, 0) is 74.4 Å². The highest BCUT2D eigenvalue weighted by atomic mass is 35.5. The summed E-state index contributed by atoms with van der Waals surface area (Å²) < 4.78 is 39.2. The van der Waals surface area contributed by atoms with E-state index in [0.29, 0.717) is 5.84 Å². The van der Waals surface area contributed by atoms with Gasteiger partial charge in [0.15, 0.2) is 0 Å². The number of nitrogens with one attached hydrogen (secondary N) is 3. The smallest absolute Gasteiger partial charge is 0.369 e. The Morgan fingerprint density at radius 2 is 1.63 bits per heavy atom. The van der Waals surface area contributed by atoms with Crippen LogP contribution in [0.15, 0.2) is 88.6 Å². The molecule has 0 aromatic heterocycles. The molecular weight excluding hydrogens is 621 g/mol. The standard InChI is InChI=1S/C32H34ClF3N8O2/c1-37-28(39-23-8-11-25(12-9-23)44-16-14-42(3)15-17-44)20-29(38-2)43(4)31(46)41-27-19-24(10-13-26(27)33)40-30(45)21-6-5-7-22(18-21)32(34,35)36/h5-13,18-20H,2,14-17H2,1,3-4H3,(H,37,39)(H,40,45)(H,41,46)/b29-20+. The molecule has 1 fully saturated rings. The molecule has 0 saturated carbocycles. The fourth-order valence-corrected chi connectivity index (χ4v) is 4.70. The summed E-state index contributed by atoms with van der Waals surface area (Å²) in [6.07, 6.45) is -3.04. The van der Waals surface area contributed by atoms with Gasteiger partial charge in [0.25, 0.3) is 5.91 Å². The quantitative estimate of drug-likeness (QED) is 0.190. The number of amidine groups is 1. The third kappa shape index (κ3) is 8.86. The predicted molar refractivity (Wildman–Crippen MR) is 178 cm³/mol. The van der Waals surface area contributed by atoms with Gasteiger partial charge in [-0.2, -0.15) is 13.2 Å². The van der Waals surface area contributed by atoms with E-state index < -0.39 is 23.7 Å². The molecule has 10 nitrogen and oxygen atoms in total. The SMILES string of the molecule is C=N/C(=C\C(=N/C)Nc1ccc(N2CCN(C)CC2)cc1)N(C)C(=O)Nc1cc(NC(=O)c2cccc(C(F)(F)F)c2)ccc1Cl. The van der Waals surface area contributed by atoms with Crippen molar-refractivity contribution in [1.82, 2.24) is 9.80 Å². The molecule has 1 aliphatic heterocycles. The summed E-state index contributed by atoms with van der Waals surface area (Å²) in [5.74, 6) is -0.173. The number of anilines is 4. The molecule has 0 aliphatic carbocycles. The van der Waals surface area contributed by atoms with E-state index in [4.69, 9.17) is 11.6 Å². The van der Waals surface area contributed by atoms with Crippen LogP contribution in [-0.4, -0.2) is 81.6 Å². The predicted octanol–water partition coefficient (Wildman–Crippen LogP) is 6.51. The Bertz CT molecular complexity index is 1640. The van der Waals surface area contributed by atoms with Gasteiger partial charge in [0.05, 0.1) is 16.3 Å². The Hall–Kier alpha value is -4.88. The molecule has 1 saturated heterocycles. The number of piperazine rings is 1. The zero-order valence-corrected chi connectivity index (χ0v) is 26.3. The molecule has 14 heteroatoms. The van der Waals surface area contributed by atoms with E-state index in [1.165, 1.54) is 36.2 Å². The van der Waals surface area contributed by atoms with Crippen molar-refractivity contribution in [2.24, 2.45) is 9.98 Å². The summed E-state index contributed by atoms with van der Waals surface area (Å²) >= 11 is 6.29. The molecule has 242 valence electrons. The van der Waals surface area contributed by atoms with Gasteiger partial charge in [-0.3, -0.25) is 14.7 Å². The third-order valence-electron chi connectivity index (χ3n) is 7.24. The van der Waals surface area contributed by atoms with Crippen LogP contribution in [0.2, 0.25) is 5.02 Å².